The topological polar surface area (TPSA) is 46.3 Å². The predicted octanol–water partition coefficient (Wildman–Crippen LogP) is 3.10. The van der Waals surface area contributed by atoms with E-state index in [9.17, 15) is 9.18 Å². The average Bonchev–Trinajstić information content (AvgIpc) is 2.84. The second-order valence-corrected chi connectivity index (χ2v) is 5.76. The van der Waals surface area contributed by atoms with Gasteiger partial charge in [-0.15, -0.1) is 12.4 Å². The van der Waals surface area contributed by atoms with Gasteiger partial charge in [-0.05, 0) is 48.2 Å². The lowest BCUT2D eigenvalue weighted by molar-refractivity contribution is -0.117. The lowest BCUT2D eigenvalue weighted by Gasteiger charge is -2.16. The number of hydrogen-bond donors (Lipinski definition) is 1. The Morgan fingerprint density at radius 3 is 2.39 bits per heavy atom. The zero-order chi connectivity index (χ0) is 15.5. The Balaban J connectivity index is 0.00000192. The molecule has 0 bridgehead atoms. The van der Waals surface area contributed by atoms with E-state index in [0.717, 1.165) is 24.1 Å². The molecule has 1 atom stereocenters. The van der Waals surface area contributed by atoms with E-state index in [4.69, 9.17) is 5.73 Å². The molecule has 0 spiro atoms. The Kier molecular flexibility index (Phi) is 5.74. The standard InChI is InChI=1S/C18H19FN2O.ClH/c19-15-3-1-2-14(10-15)5-4-13-6-8-17(9-7-13)21-12-16(20)11-18(21)22;/h1-3,6-10,16H,4-5,11-12,20H2;1H/t16-;/m0./s1. The van der Waals surface area contributed by atoms with Crippen molar-refractivity contribution in [3.05, 3.63) is 65.5 Å². The monoisotopic (exact) mass is 334 g/mol. The summed E-state index contributed by atoms with van der Waals surface area (Å²) in [6.07, 6.45) is 2.06. The van der Waals surface area contributed by atoms with Gasteiger partial charge in [-0.2, -0.15) is 0 Å². The Bertz CT molecular complexity index is 675. The summed E-state index contributed by atoms with van der Waals surface area (Å²) in [5, 5.41) is 0. The molecule has 5 heteroatoms. The summed E-state index contributed by atoms with van der Waals surface area (Å²) in [5.74, 6) is -0.114. The summed E-state index contributed by atoms with van der Waals surface area (Å²) >= 11 is 0. The summed E-state index contributed by atoms with van der Waals surface area (Å²) in [7, 11) is 0. The highest BCUT2D eigenvalue weighted by Crippen LogP contribution is 2.21. The largest absolute Gasteiger partial charge is 0.326 e. The van der Waals surface area contributed by atoms with Crippen molar-refractivity contribution >= 4 is 24.0 Å². The fourth-order valence-corrected chi connectivity index (χ4v) is 2.81. The van der Waals surface area contributed by atoms with Crippen LogP contribution in [-0.4, -0.2) is 18.5 Å². The zero-order valence-electron chi connectivity index (χ0n) is 12.7. The van der Waals surface area contributed by atoms with Crippen LogP contribution in [-0.2, 0) is 17.6 Å². The molecule has 1 aliphatic rings. The maximum Gasteiger partial charge on any atom is 0.228 e. The van der Waals surface area contributed by atoms with E-state index in [1.54, 1.807) is 17.0 Å². The number of nitrogens with two attached hydrogens (primary N) is 1. The summed E-state index contributed by atoms with van der Waals surface area (Å²) < 4.78 is 13.1. The molecule has 1 saturated heterocycles. The first-order chi connectivity index (χ1) is 10.6. The van der Waals surface area contributed by atoms with Crippen LogP contribution in [0.2, 0.25) is 0 Å². The number of carbonyl (C=O) groups is 1. The molecular formula is C18H20ClFN2O. The Morgan fingerprint density at radius 1 is 1.09 bits per heavy atom. The van der Waals surface area contributed by atoms with Gasteiger partial charge in [0.1, 0.15) is 5.82 Å². The number of carbonyl (C=O) groups excluding carboxylic acids is 1. The highest BCUT2D eigenvalue weighted by molar-refractivity contribution is 5.96. The third kappa shape index (κ3) is 4.30. The molecule has 0 radical (unpaired) electrons. The fraction of sp³-hybridized carbons (Fsp3) is 0.278. The van der Waals surface area contributed by atoms with E-state index in [1.165, 1.54) is 11.6 Å². The minimum absolute atomic E-state index is 0. The van der Waals surface area contributed by atoms with Gasteiger partial charge >= 0.3 is 0 Å². The van der Waals surface area contributed by atoms with Crippen LogP contribution in [0.5, 0.6) is 0 Å². The van der Waals surface area contributed by atoms with Crippen molar-refractivity contribution in [2.45, 2.75) is 25.3 Å². The number of benzene rings is 2. The smallest absolute Gasteiger partial charge is 0.228 e. The van der Waals surface area contributed by atoms with Gasteiger partial charge in [0.25, 0.3) is 0 Å². The summed E-state index contributed by atoms with van der Waals surface area (Å²) in [5.41, 5.74) is 8.87. The normalized spacial score (nSPS) is 17.2. The molecular weight excluding hydrogens is 315 g/mol. The van der Waals surface area contributed by atoms with Crippen LogP contribution < -0.4 is 10.6 Å². The van der Waals surface area contributed by atoms with Crippen molar-refractivity contribution in [3.63, 3.8) is 0 Å². The average molecular weight is 335 g/mol. The van der Waals surface area contributed by atoms with E-state index in [0.29, 0.717) is 13.0 Å². The van der Waals surface area contributed by atoms with Crippen LogP contribution in [0.3, 0.4) is 0 Å². The van der Waals surface area contributed by atoms with Crippen LogP contribution in [0.25, 0.3) is 0 Å². The SMILES string of the molecule is Cl.N[C@H]1CC(=O)N(c2ccc(CCc3cccc(F)c3)cc2)C1. The maximum absolute atomic E-state index is 13.1. The predicted molar refractivity (Wildman–Crippen MR) is 92.4 cm³/mol. The van der Waals surface area contributed by atoms with Gasteiger partial charge in [-0.25, -0.2) is 4.39 Å². The first-order valence-corrected chi connectivity index (χ1v) is 7.51. The minimum atomic E-state index is -0.197. The Labute approximate surface area is 141 Å². The number of rotatable bonds is 4. The van der Waals surface area contributed by atoms with Crippen molar-refractivity contribution in [1.29, 1.82) is 0 Å². The van der Waals surface area contributed by atoms with Crippen LogP contribution >= 0.6 is 12.4 Å². The van der Waals surface area contributed by atoms with Crippen LogP contribution in [0.4, 0.5) is 10.1 Å². The Hall–Kier alpha value is -1.91. The van der Waals surface area contributed by atoms with Gasteiger partial charge in [-0.3, -0.25) is 4.79 Å². The number of halogens is 2. The molecule has 3 nitrogen and oxygen atoms in total. The highest BCUT2D eigenvalue weighted by Gasteiger charge is 2.27. The molecule has 0 aliphatic carbocycles. The summed E-state index contributed by atoms with van der Waals surface area (Å²) in [6.45, 7) is 0.585. The van der Waals surface area contributed by atoms with Gasteiger partial charge in [0.2, 0.25) is 5.91 Å². The lowest BCUT2D eigenvalue weighted by atomic mass is 10.0. The third-order valence-electron chi connectivity index (χ3n) is 3.99. The third-order valence-corrected chi connectivity index (χ3v) is 3.99. The molecule has 0 saturated carbocycles. The van der Waals surface area contributed by atoms with Crippen molar-refractivity contribution in [1.82, 2.24) is 0 Å². The molecule has 1 amide bonds. The van der Waals surface area contributed by atoms with Gasteiger partial charge in [-0.1, -0.05) is 24.3 Å². The van der Waals surface area contributed by atoms with E-state index in [2.05, 4.69) is 0 Å². The molecule has 1 aliphatic heterocycles. The molecule has 1 fully saturated rings. The van der Waals surface area contributed by atoms with Gasteiger partial charge < -0.3 is 10.6 Å². The molecule has 23 heavy (non-hydrogen) atoms. The molecule has 1 heterocycles. The minimum Gasteiger partial charge on any atom is -0.326 e. The first kappa shape index (κ1) is 17.4. The van der Waals surface area contributed by atoms with Crippen LogP contribution in [0.15, 0.2) is 48.5 Å². The van der Waals surface area contributed by atoms with Crippen molar-refractivity contribution < 1.29 is 9.18 Å². The molecule has 3 rings (SSSR count). The maximum atomic E-state index is 13.1. The number of aryl methyl sites for hydroxylation is 2. The van der Waals surface area contributed by atoms with Crippen LogP contribution in [0, 0.1) is 5.82 Å². The van der Waals surface area contributed by atoms with Crippen molar-refractivity contribution in [2.24, 2.45) is 5.73 Å². The van der Waals surface area contributed by atoms with Gasteiger partial charge in [0.15, 0.2) is 0 Å². The highest BCUT2D eigenvalue weighted by atomic mass is 35.5. The molecule has 122 valence electrons. The van der Waals surface area contributed by atoms with Crippen molar-refractivity contribution in [3.8, 4) is 0 Å². The van der Waals surface area contributed by atoms with Crippen molar-refractivity contribution in [2.75, 3.05) is 11.4 Å². The molecule has 2 aromatic carbocycles. The quantitative estimate of drug-likeness (QED) is 0.934. The zero-order valence-corrected chi connectivity index (χ0v) is 13.6. The molecule has 0 aromatic heterocycles. The number of hydrogen-bond acceptors (Lipinski definition) is 2. The van der Waals surface area contributed by atoms with E-state index in [1.807, 2.05) is 30.3 Å². The number of anilines is 1. The number of amides is 1. The molecule has 0 unspecified atom stereocenters. The lowest BCUT2D eigenvalue weighted by Crippen LogP contribution is -2.27. The van der Waals surface area contributed by atoms with E-state index >= 15 is 0 Å². The second-order valence-electron chi connectivity index (χ2n) is 5.76. The fourth-order valence-electron chi connectivity index (χ4n) is 2.81. The van der Waals surface area contributed by atoms with Gasteiger partial charge in [0.05, 0.1) is 0 Å². The summed E-state index contributed by atoms with van der Waals surface area (Å²) in [6, 6.07) is 14.6. The number of nitrogens with zero attached hydrogens (tertiary/aromatic N) is 1. The molecule has 2 N–H and O–H groups in total. The first-order valence-electron chi connectivity index (χ1n) is 7.51. The molecule has 2 aromatic rings. The second kappa shape index (κ2) is 7.57. The van der Waals surface area contributed by atoms with Crippen LogP contribution in [0.1, 0.15) is 17.5 Å². The van der Waals surface area contributed by atoms with E-state index < -0.39 is 0 Å². The van der Waals surface area contributed by atoms with E-state index in [-0.39, 0.29) is 30.2 Å². The van der Waals surface area contributed by atoms with Gasteiger partial charge in [0, 0.05) is 24.7 Å². The summed E-state index contributed by atoms with van der Waals surface area (Å²) in [4.78, 5) is 13.6. The Morgan fingerprint density at radius 2 is 1.78 bits per heavy atom.